The van der Waals surface area contributed by atoms with Crippen LogP contribution in [0.5, 0.6) is 0 Å². The Morgan fingerprint density at radius 3 is 2.75 bits per heavy atom. The van der Waals surface area contributed by atoms with Crippen LogP contribution in [-0.2, 0) is 23.2 Å². The Morgan fingerprint density at radius 2 is 2.17 bits per heavy atom. The lowest BCUT2D eigenvalue weighted by atomic mass is 9.97. The van der Waals surface area contributed by atoms with Gasteiger partial charge in [-0.1, -0.05) is 6.07 Å². The van der Waals surface area contributed by atoms with Crippen LogP contribution < -0.4 is 5.32 Å². The lowest BCUT2D eigenvalue weighted by Gasteiger charge is -2.23. The van der Waals surface area contributed by atoms with Gasteiger partial charge in [-0.15, -0.1) is 11.3 Å². The van der Waals surface area contributed by atoms with Gasteiger partial charge in [0.15, 0.2) is 0 Å². The normalized spacial score (nSPS) is 20.7. The molecule has 2 aromatic rings. The molecule has 0 aromatic carbocycles. The first-order chi connectivity index (χ1) is 11.4. The Morgan fingerprint density at radius 1 is 1.42 bits per heavy atom. The van der Waals surface area contributed by atoms with Gasteiger partial charge in [0, 0.05) is 43.2 Å². The summed E-state index contributed by atoms with van der Waals surface area (Å²) in [7, 11) is 3.67. The first kappa shape index (κ1) is 16.7. The molecule has 0 bridgehead atoms. The average Bonchev–Trinajstić information content (AvgIpc) is 3.21. The predicted octanol–water partition coefficient (Wildman–Crippen LogP) is 1.93. The Hall–Kier alpha value is -2.15. The monoisotopic (exact) mass is 346 g/mol. The second-order valence-electron chi connectivity index (χ2n) is 6.27. The second kappa shape index (κ2) is 6.39. The van der Waals surface area contributed by atoms with Crippen LogP contribution in [0.25, 0.3) is 0 Å². The minimum atomic E-state index is -0.349. The average molecular weight is 346 g/mol. The van der Waals surface area contributed by atoms with Gasteiger partial charge in [-0.2, -0.15) is 5.10 Å². The second-order valence-corrected chi connectivity index (χ2v) is 7.25. The summed E-state index contributed by atoms with van der Waals surface area (Å²) in [5.41, 5.74) is 3.00. The van der Waals surface area contributed by atoms with Gasteiger partial charge in [0.2, 0.25) is 11.8 Å². The third kappa shape index (κ3) is 2.84. The molecule has 2 amide bonds. The molecule has 1 fully saturated rings. The summed E-state index contributed by atoms with van der Waals surface area (Å²) in [5, 5.41) is 9.35. The van der Waals surface area contributed by atoms with Crippen LogP contribution in [0.4, 0.5) is 0 Å². The van der Waals surface area contributed by atoms with Crippen LogP contribution in [-0.4, -0.2) is 33.5 Å². The number of carbonyl (C=O) groups excluding carboxylic acids is 2. The van der Waals surface area contributed by atoms with Crippen LogP contribution in [0.1, 0.15) is 34.3 Å². The zero-order valence-corrected chi connectivity index (χ0v) is 15.2. The van der Waals surface area contributed by atoms with Gasteiger partial charge in [-0.3, -0.25) is 14.3 Å². The SMILES string of the molecule is Cc1nn(C)c(C)c1CNC(=O)[C@@H]1CC(=O)N(C)[C@@H]1c1cccs1. The van der Waals surface area contributed by atoms with E-state index in [2.05, 4.69) is 10.4 Å². The summed E-state index contributed by atoms with van der Waals surface area (Å²) in [5.74, 6) is -0.408. The Balaban J connectivity index is 1.75. The Kier molecular flexibility index (Phi) is 4.45. The van der Waals surface area contributed by atoms with E-state index in [1.54, 1.807) is 23.3 Å². The summed E-state index contributed by atoms with van der Waals surface area (Å²) in [6, 6.07) is 3.77. The molecule has 2 atom stereocenters. The number of hydrogen-bond acceptors (Lipinski definition) is 4. The van der Waals surface area contributed by atoms with Gasteiger partial charge in [-0.05, 0) is 25.3 Å². The highest BCUT2D eigenvalue weighted by molar-refractivity contribution is 7.10. The largest absolute Gasteiger partial charge is 0.352 e. The maximum Gasteiger partial charge on any atom is 0.226 e. The molecule has 1 saturated heterocycles. The number of aromatic nitrogens is 2. The zero-order chi connectivity index (χ0) is 17.4. The van der Waals surface area contributed by atoms with Crippen LogP contribution >= 0.6 is 11.3 Å². The molecule has 0 spiro atoms. The molecule has 0 radical (unpaired) electrons. The summed E-state index contributed by atoms with van der Waals surface area (Å²) < 4.78 is 1.82. The van der Waals surface area contributed by atoms with E-state index in [0.29, 0.717) is 6.54 Å². The van der Waals surface area contributed by atoms with E-state index >= 15 is 0 Å². The smallest absolute Gasteiger partial charge is 0.226 e. The standard InChI is InChI=1S/C17H22N4O2S/c1-10-13(11(2)21(4)19-10)9-18-17(23)12-8-15(22)20(3)16(12)14-6-5-7-24-14/h5-7,12,16H,8-9H2,1-4H3,(H,18,23)/t12-,16+/m1/s1. The lowest BCUT2D eigenvalue weighted by Crippen LogP contribution is -2.34. The third-order valence-corrected chi connectivity index (χ3v) is 5.80. The van der Waals surface area contributed by atoms with E-state index in [1.165, 1.54) is 0 Å². The molecule has 1 aliphatic rings. The van der Waals surface area contributed by atoms with Crippen molar-refractivity contribution in [2.24, 2.45) is 13.0 Å². The van der Waals surface area contributed by atoms with Gasteiger partial charge in [-0.25, -0.2) is 0 Å². The van der Waals surface area contributed by atoms with Crippen LogP contribution in [0.2, 0.25) is 0 Å². The van der Waals surface area contributed by atoms with Crippen molar-refractivity contribution >= 4 is 23.2 Å². The van der Waals surface area contributed by atoms with E-state index in [1.807, 2.05) is 43.1 Å². The molecule has 1 aliphatic heterocycles. The Labute approximate surface area is 145 Å². The number of hydrogen-bond donors (Lipinski definition) is 1. The van der Waals surface area contributed by atoms with E-state index < -0.39 is 0 Å². The van der Waals surface area contributed by atoms with Gasteiger partial charge in [0.25, 0.3) is 0 Å². The summed E-state index contributed by atoms with van der Waals surface area (Å²) >= 11 is 1.58. The molecule has 7 heteroatoms. The molecule has 0 unspecified atom stereocenters. The molecule has 3 heterocycles. The minimum Gasteiger partial charge on any atom is -0.352 e. The molecular formula is C17H22N4O2S. The molecule has 128 valence electrons. The van der Waals surface area contributed by atoms with Crippen molar-refractivity contribution in [1.29, 1.82) is 0 Å². The molecule has 0 aliphatic carbocycles. The highest BCUT2D eigenvalue weighted by atomic mass is 32.1. The van der Waals surface area contributed by atoms with Gasteiger partial charge >= 0.3 is 0 Å². The van der Waals surface area contributed by atoms with E-state index in [9.17, 15) is 9.59 Å². The number of likely N-dealkylation sites (tertiary alicyclic amines) is 1. The Bertz CT molecular complexity index is 766. The minimum absolute atomic E-state index is 0.0160. The van der Waals surface area contributed by atoms with E-state index in [0.717, 1.165) is 21.8 Å². The number of nitrogens with one attached hydrogen (secondary N) is 1. The summed E-state index contributed by atoms with van der Waals surface area (Å²) in [6.07, 6.45) is 0.260. The van der Waals surface area contributed by atoms with Crippen molar-refractivity contribution in [3.05, 3.63) is 39.3 Å². The number of thiophene rings is 1. The number of amides is 2. The first-order valence-corrected chi connectivity index (χ1v) is 8.84. The molecule has 3 rings (SSSR count). The fourth-order valence-corrected chi connectivity index (χ4v) is 4.27. The van der Waals surface area contributed by atoms with Gasteiger partial charge < -0.3 is 10.2 Å². The van der Waals surface area contributed by atoms with Crippen LogP contribution in [0.15, 0.2) is 17.5 Å². The quantitative estimate of drug-likeness (QED) is 0.920. The van der Waals surface area contributed by atoms with Gasteiger partial charge in [0.05, 0.1) is 17.7 Å². The maximum atomic E-state index is 12.7. The highest BCUT2D eigenvalue weighted by Crippen LogP contribution is 2.39. The maximum absolute atomic E-state index is 12.7. The van der Waals surface area contributed by atoms with Crippen molar-refractivity contribution in [3.63, 3.8) is 0 Å². The highest BCUT2D eigenvalue weighted by Gasteiger charge is 2.43. The fourth-order valence-electron chi connectivity index (χ4n) is 3.33. The van der Waals surface area contributed by atoms with Crippen molar-refractivity contribution in [2.45, 2.75) is 32.9 Å². The molecule has 0 saturated carbocycles. The van der Waals surface area contributed by atoms with Crippen molar-refractivity contribution in [3.8, 4) is 0 Å². The molecule has 1 N–H and O–H groups in total. The molecule has 24 heavy (non-hydrogen) atoms. The summed E-state index contributed by atoms with van der Waals surface area (Å²) in [6.45, 7) is 4.37. The summed E-state index contributed by atoms with van der Waals surface area (Å²) in [4.78, 5) is 27.6. The van der Waals surface area contributed by atoms with E-state index in [-0.39, 0.29) is 30.2 Å². The van der Waals surface area contributed by atoms with E-state index in [4.69, 9.17) is 0 Å². The first-order valence-electron chi connectivity index (χ1n) is 7.96. The topological polar surface area (TPSA) is 67.2 Å². The van der Waals surface area contributed by atoms with Crippen molar-refractivity contribution in [1.82, 2.24) is 20.0 Å². The predicted molar refractivity (Wildman–Crippen MR) is 92.5 cm³/mol. The van der Waals surface area contributed by atoms with Crippen LogP contribution in [0.3, 0.4) is 0 Å². The zero-order valence-electron chi connectivity index (χ0n) is 14.4. The van der Waals surface area contributed by atoms with Crippen LogP contribution in [0, 0.1) is 19.8 Å². The number of aryl methyl sites for hydroxylation is 2. The molecule has 6 nitrogen and oxygen atoms in total. The molecule has 2 aromatic heterocycles. The third-order valence-electron chi connectivity index (χ3n) is 4.86. The van der Waals surface area contributed by atoms with Crippen molar-refractivity contribution in [2.75, 3.05) is 7.05 Å². The number of carbonyl (C=O) groups is 2. The number of nitrogens with zero attached hydrogens (tertiary/aromatic N) is 3. The fraction of sp³-hybridized carbons (Fsp3) is 0.471. The number of rotatable bonds is 4. The lowest BCUT2D eigenvalue weighted by molar-refractivity contribution is -0.128. The van der Waals surface area contributed by atoms with Gasteiger partial charge in [0.1, 0.15) is 0 Å². The van der Waals surface area contributed by atoms with Crippen molar-refractivity contribution < 1.29 is 9.59 Å². The molecular weight excluding hydrogens is 324 g/mol.